The fourth-order valence-electron chi connectivity index (χ4n) is 1.97. The molecule has 0 spiro atoms. The Bertz CT molecular complexity index is 689. The van der Waals surface area contributed by atoms with E-state index in [9.17, 15) is 9.59 Å². The van der Waals surface area contributed by atoms with E-state index in [2.05, 4.69) is 10.9 Å². The molecule has 0 atom stereocenters. The molecule has 1 aromatic heterocycles. The predicted octanol–water partition coefficient (Wildman–Crippen LogP) is 3.26. The van der Waals surface area contributed by atoms with Crippen LogP contribution < -0.4 is 15.6 Å². The van der Waals surface area contributed by atoms with Gasteiger partial charge in [-0.15, -0.1) is 11.3 Å². The molecule has 0 radical (unpaired) electrons. The minimum atomic E-state index is -0.422. The third kappa shape index (κ3) is 6.22. The van der Waals surface area contributed by atoms with E-state index in [1.54, 1.807) is 29.5 Å². The number of hydrogen-bond donors (Lipinski definition) is 2. The van der Waals surface area contributed by atoms with E-state index in [4.69, 9.17) is 16.3 Å². The number of rotatable bonds is 7. The summed E-state index contributed by atoms with van der Waals surface area (Å²) < 4.78 is 5.35. The van der Waals surface area contributed by atoms with E-state index >= 15 is 0 Å². The first-order valence-electron chi connectivity index (χ1n) is 7.53. The van der Waals surface area contributed by atoms with Gasteiger partial charge in [-0.05, 0) is 55.0 Å². The second-order valence-electron chi connectivity index (χ2n) is 5.23. The normalized spacial score (nSPS) is 10.2. The zero-order valence-electron chi connectivity index (χ0n) is 13.3. The van der Waals surface area contributed by atoms with E-state index < -0.39 is 5.91 Å². The highest BCUT2D eigenvalue weighted by Gasteiger charge is 2.07. The molecule has 0 fully saturated rings. The van der Waals surface area contributed by atoms with Gasteiger partial charge in [0, 0.05) is 16.3 Å². The standard InChI is InChI=1S/C17H19ClN2O3S/c1-12-10-13(7-8-15(12)18)23-11-17(22)20-19-16(21)6-2-4-14-5-3-9-24-14/h3,5,7-10H,2,4,6,11H2,1H3,(H,19,21)(H,20,22). The Morgan fingerprint density at radius 1 is 1.21 bits per heavy atom. The number of carbonyl (C=O) groups excluding carboxylic acids is 2. The van der Waals surface area contributed by atoms with Crippen molar-refractivity contribution in [2.75, 3.05) is 6.61 Å². The summed E-state index contributed by atoms with van der Waals surface area (Å²) in [6.07, 6.45) is 1.95. The van der Waals surface area contributed by atoms with Crippen molar-refractivity contribution in [1.29, 1.82) is 0 Å². The van der Waals surface area contributed by atoms with Gasteiger partial charge in [-0.2, -0.15) is 0 Å². The molecule has 24 heavy (non-hydrogen) atoms. The van der Waals surface area contributed by atoms with Gasteiger partial charge in [0.25, 0.3) is 5.91 Å². The summed E-state index contributed by atoms with van der Waals surface area (Å²) in [5.74, 6) is -0.0919. The van der Waals surface area contributed by atoms with Crippen molar-refractivity contribution in [2.24, 2.45) is 0 Å². The molecule has 7 heteroatoms. The molecule has 2 amide bonds. The van der Waals surface area contributed by atoms with Crippen LogP contribution in [0.1, 0.15) is 23.3 Å². The fourth-order valence-corrected chi connectivity index (χ4v) is 2.84. The quantitative estimate of drug-likeness (QED) is 0.739. The predicted molar refractivity (Wildman–Crippen MR) is 95.2 cm³/mol. The minimum absolute atomic E-state index is 0.184. The van der Waals surface area contributed by atoms with Crippen LogP contribution in [0.4, 0.5) is 0 Å². The van der Waals surface area contributed by atoms with Gasteiger partial charge in [0.15, 0.2) is 6.61 Å². The Balaban J connectivity index is 1.61. The Kier molecular flexibility index (Phi) is 7.08. The summed E-state index contributed by atoms with van der Waals surface area (Å²) in [6.45, 7) is 1.67. The van der Waals surface area contributed by atoms with Gasteiger partial charge in [-0.1, -0.05) is 17.7 Å². The number of carbonyl (C=O) groups is 2. The van der Waals surface area contributed by atoms with Gasteiger partial charge in [0.05, 0.1) is 0 Å². The van der Waals surface area contributed by atoms with Crippen LogP contribution in [0.15, 0.2) is 35.7 Å². The number of benzene rings is 1. The zero-order valence-corrected chi connectivity index (χ0v) is 14.9. The SMILES string of the molecule is Cc1cc(OCC(=O)NNC(=O)CCCc2cccs2)ccc1Cl. The van der Waals surface area contributed by atoms with Crippen LogP contribution in [-0.4, -0.2) is 18.4 Å². The highest BCUT2D eigenvalue weighted by molar-refractivity contribution is 7.09. The maximum absolute atomic E-state index is 11.7. The van der Waals surface area contributed by atoms with E-state index in [-0.39, 0.29) is 12.5 Å². The second kappa shape index (κ2) is 9.30. The van der Waals surface area contributed by atoms with Gasteiger partial charge in [0.1, 0.15) is 5.75 Å². The second-order valence-corrected chi connectivity index (χ2v) is 6.67. The molecule has 0 unspecified atom stereocenters. The summed E-state index contributed by atoms with van der Waals surface area (Å²) in [4.78, 5) is 24.6. The fraction of sp³-hybridized carbons (Fsp3) is 0.294. The van der Waals surface area contributed by atoms with Crippen LogP contribution in [0.5, 0.6) is 5.75 Å². The lowest BCUT2D eigenvalue weighted by Gasteiger charge is -2.09. The Morgan fingerprint density at radius 2 is 2.00 bits per heavy atom. The third-order valence-corrected chi connectivity index (χ3v) is 4.61. The molecule has 2 aromatic rings. The van der Waals surface area contributed by atoms with Crippen molar-refractivity contribution >= 4 is 34.8 Å². The van der Waals surface area contributed by atoms with Gasteiger partial charge in [0.2, 0.25) is 5.91 Å². The van der Waals surface area contributed by atoms with E-state index in [0.717, 1.165) is 18.4 Å². The van der Waals surface area contributed by atoms with Crippen LogP contribution in [0.2, 0.25) is 5.02 Å². The zero-order chi connectivity index (χ0) is 17.4. The highest BCUT2D eigenvalue weighted by atomic mass is 35.5. The first kappa shape index (κ1) is 18.3. The van der Waals surface area contributed by atoms with E-state index in [1.807, 2.05) is 24.4 Å². The molecule has 0 aliphatic rings. The maximum Gasteiger partial charge on any atom is 0.276 e. The molecule has 128 valence electrons. The van der Waals surface area contributed by atoms with Crippen LogP contribution in [0.25, 0.3) is 0 Å². The highest BCUT2D eigenvalue weighted by Crippen LogP contribution is 2.20. The summed E-state index contributed by atoms with van der Waals surface area (Å²) in [7, 11) is 0. The van der Waals surface area contributed by atoms with Gasteiger partial charge < -0.3 is 4.74 Å². The number of hydrazine groups is 1. The number of nitrogens with one attached hydrogen (secondary N) is 2. The summed E-state index contributed by atoms with van der Waals surface area (Å²) in [5, 5.41) is 2.65. The number of amides is 2. The number of hydrogen-bond acceptors (Lipinski definition) is 4. The molecule has 5 nitrogen and oxygen atoms in total. The van der Waals surface area contributed by atoms with Crippen molar-refractivity contribution in [3.63, 3.8) is 0 Å². The average molecular weight is 367 g/mol. The number of thiophene rings is 1. The molecular weight excluding hydrogens is 348 g/mol. The Hall–Kier alpha value is -2.05. The van der Waals surface area contributed by atoms with Crippen molar-refractivity contribution < 1.29 is 14.3 Å². The van der Waals surface area contributed by atoms with E-state index in [0.29, 0.717) is 17.2 Å². The molecule has 0 aliphatic heterocycles. The molecule has 0 saturated carbocycles. The van der Waals surface area contributed by atoms with Gasteiger partial charge in [-0.25, -0.2) is 0 Å². The number of ether oxygens (including phenoxy) is 1. The molecule has 2 rings (SSSR count). The summed E-state index contributed by atoms with van der Waals surface area (Å²) in [5.41, 5.74) is 5.59. The number of aryl methyl sites for hydroxylation is 2. The van der Waals surface area contributed by atoms with Crippen molar-refractivity contribution in [3.05, 3.63) is 51.2 Å². The minimum Gasteiger partial charge on any atom is -0.484 e. The summed E-state index contributed by atoms with van der Waals surface area (Å²) >= 11 is 7.59. The molecule has 1 heterocycles. The molecule has 0 bridgehead atoms. The lowest BCUT2D eigenvalue weighted by Crippen LogP contribution is -2.43. The molecular formula is C17H19ClN2O3S. The van der Waals surface area contributed by atoms with Crippen LogP contribution >= 0.6 is 22.9 Å². The van der Waals surface area contributed by atoms with Crippen LogP contribution in [-0.2, 0) is 16.0 Å². The smallest absolute Gasteiger partial charge is 0.276 e. The first-order chi connectivity index (χ1) is 11.5. The third-order valence-electron chi connectivity index (χ3n) is 3.25. The Morgan fingerprint density at radius 3 is 2.71 bits per heavy atom. The van der Waals surface area contributed by atoms with Crippen LogP contribution in [0.3, 0.4) is 0 Å². The van der Waals surface area contributed by atoms with Crippen molar-refractivity contribution in [1.82, 2.24) is 10.9 Å². The first-order valence-corrected chi connectivity index (χ1v) is 8.79. The monoisotopic (exact) mass is 366 g/mol. The lowest BCUT2D eigenvalue weighted by molar-refractivity contribution is -0.130. The average Bonchev–Trinajstić information content (AvgIpc) is 3.07. The molecule has 2 N–H and O–H groups in total. The number of halogens is 1. The largest absolute Gasteiger partial charge is 0.484 e. The maximum atomic E-state index is 11.7. The topological polar surface area (TPSA) is 67.4 Å². The van der Waals surface area contributed by atoms with Crippen LogP contribution in [0, 0.1) is 6.92 Å². The molecule has 1 aromatic carbocycles. The van der Waals surface area contributed by atoms with Gasteiger partial charge >= 0.3 is 0 Å². The van der Waals surface area contributed by atoms with E-state index in [1.165, 1.54) is 4.88 Å². The molecule has 0 aliphatic carbocycles. The lowest BCUT2D eigenvalue weighted by atomic mass is 10.2. The van der Waals surface area contributed by atoms with Crippen molar-refractivity contribution in [3.8, 4) is 5.75 Å². The van der Waals surface area contributed by atoms with Crippen molar-refractivity contribution in [2.45, 2.75) is 26.2 Å². The summed E-state index contributed by atoms with van der Waals surface area (Å²) in [6, 6.07) is 9.17. The Labute approximate surface area is 149 Å². The molecule has 0 saturated heterocycles. The van der Waals surface area contributed by atoms with Gasteiger partial charge in [-0.3, -0.25) is 20.4 Å².